The van der Waals surface area contributed by atoms with Crippen LogP contribution in [0.2, 0.25) is 0 Å². The Kier molecular flexibility index (Phi) is 5.31. The average Bonchev–Trinajstić information content (AvgIpc) is 3.22. The van der Waals surface area contributed by atoms with Gasteiger partial charge in [-0.25, -0.2) is 4.98 Å². The fraction of sp³-hybridized carbons (Fsp3) is 0.0909. The molecule has 0 saturated carbocycles. The van der Waals surface area contributed by atoms with Crippen molar-refractivity contribution in [3.05, 3.63) is 77.4 Å². The molecule has 0 atom stereocenters. The first-order valence-electron chi connectivity index (χ1n) is 8.94. The summed E-state index contributed by atoms with van der Waals surface area (Å²) >= 11 is 1.36. The van der Waals surface area contributed by atoms with Gasteiger partial charge in [-0.3, -0.25) is 20.1 Å². The Hall–Kier alpha value is -3.58. The molecule has 0 fully saturated rings. The van der Waals surface area contributed by atoms with Gasteiger partial charge in [-0.05, 0) is 42.8 Å². The van der Waals surface area contributed by atoms with Gasteiger partial charge in [0.25, 0.3) is 5.91 Å². The molecule has 4 rings (SSSR count). The Bertz CT molecular complexity index is 1170. The third-order valence-corrected chi connectivity index (χ3v) is 5.13. The summed E-state index contributed by atoms with van der Waals surface area (Å²) < 4.78 is 5.28. The van der Waals surface area contributed by atoms with Crippen LogP contribution in [-0.4, -0.2) is 28.0 Å². The van der Waals surface area contributed by atoms with E-state index >= 15 is 0 Å². The maximum absolute atomic E-state index is 12.9. The molecule has 6 nitrogen and oxygen atoms in total. The van der Waals surface area contributed by atoms with Crippen LogP contribution in [0.5, 0.6) is 5.75 Å². The van der Waals surface area contributed by atoms with Crippen LogP contribution in [0.25, 0.3) is 22.6 Å². The number of benzene rings is 1. The molecule has 0 aliphatic heterocycles. The summed E-state index contributed by atoms with van der Waals surface area (Å²) in [7, 11) is 1.61. The molecule has 7 heteroatoms. The summed E-state index contributed by atoms with van der Waals surface area (Å²) in [5.41, 5.74) is 4.43. The normalized spacial score (nSPS) is 10.6. The molecule has 0 unspecified atom stereocenters. The number of carbonyl (C=O) groups excluding carboxylic acids is 1. The first-order valence-corrected chi connectivity index (χ1v) is 9.82. The highest BCUT2D eigenvalue weighted by atomic mass is 32.1. The van der Waals surface area contributed by atoms with E-state index in [0.29, 0.717) is 22.1 Å². The fourth-order valence-corrected chi connectivity index (χ4v) is 3.64. The molecule has 29 heavy (non-hydrogen) atoms. The van der Waals surface area contributed by atoms with Crippen molar-refractivity contribution in [1.82, 2.24) is 15.0 Å². The Morgan fingerprint density at radius 1 is 1.03 bits per heavy atom. The van der Waals surface area contributed by atoms with Gasteiger partial charge in [0.1, 0.15) is 11.4 Å². The highest BCUT2D eigenvalue weighted by molar-refractivity contribution is 7.14. The molecule has 4 aromatic rings. The Morgan fingerprint density at radius 3 is 2.62 bits per heavy atom. The third-order valence-electron chi connectivity index (χ3n) is 4.37. The molecule has 0 saturated heterocycles. The summed E-state index contributed by atoms with van der Waals surface area (Å²) in [6.45, 7) is 1.98. The SMILES string of the molecule is COc1cccc(-c2ncccc2C(=O)Nc2nc(-c3ncccc3C)cs2)c1. The molecule has 1 N–H and O–H groups in total. The van der Waals surface area contributed by atoms with Crippen LogP contribution < -0.4 is 10.1 Å². The molecule has 0 spiro atoms. The number of methoxy groups -OCH3 is 1. The largest absolute Gasteiger partial charge is 0.497 e. The van der Waals surface area contributed by atoms with E-state index in [1.54, 1.807) is 31.6 Å². The minimum absolute atomic E-state index is 0.269. The van der Waals surface area contributed by atoms with Crippen LogP contribution >= 0.6 is 11.3 Å². The molecule has 1 aromatic carbocycles. The van der Waals surface area contributed by atoms with Crippen molar-refractivity contribution < 1.29 is 9.53 Å². The van der Waals surface area contributed by atoms with E-state index in [1.165, 1.54) is 11.3 Å². The maximum atomic E-state index is 12.9. The van der Waals surface area contributed by atoms with Gasteiger partial charge in [-0.2, -0.15) is 0 Å². The van der Waals surface area contributed by atoms with E-state index in [0.717, 1.165) is 22.5 Å². The van der Waals surface area contributed by atoms with Crippen LogP contribution in [0.15, 0.2) is 66.3 Å². The first kappa shape index (κ1) is 18.8. The number of ether oxygens (including phenoxy) is 1. The summed E-state index contributed by atoms with van der Waals surface area (Å²) in [5.74, 6) is 0.435. The summed E-state index contributed by atoms with van der Waals surface area (Å²) in [6.07, 6.45) is 3.40. The second-order valence-corrected chi connectivity index (χ2v) is 7.15. The predicted molar refractivity (Wildman–Crippen MR) is 114 cm³/mol. The third kappa shape index (κ3) is 4.00. The zero-order chi connectivity index (χ0) is 20.2. The number of amides is 1. The number of rotatable bonds is 5. The van der Waals surface area contributed by atoms with Crippen molar-refractivity contribution in [3.63, 3.8) is 0 Å². The van der Waals surface area contributed by atoms with Gasteiger partial charge in [0.05, 0.1) is 24.1 Å². The Morgan fingerprint density at radius 2 is 1.83 bits per heavy atom. The monoisotopic (exact) mass is 402 g/mol. The highest BCUT2D eigenvalue weighted by Gasteiger charge is 2.16. The van der Waals surface area contributed by atoms with E-state index in [-0.39, 0.29) is 5.91 Å². The molecule has 0 aliphatic rings. The van der Waals surface area contributed by atoms with Crippen molar-refractivity contribution in [2.45, 2.75) is 6.92 Å². The summed E-state index contributed by atoms with van der Waals surface area (Å²) in [6, 6.07) is 14.8. The quantitative estimate of drug-likeness (QED) is 0.517. The van der Waals surface area contributed by atoms with Crippen LogP contribution in [0.1, 0.15) is 15.9 Å². The van der Waals surface area contributed by atoms with Gasteiger partial charge in [0.15, 0.2) is 5.13 Å². The topological polar surface area (TPSA) is 77.0 Å². The molecular formula is C22H18N4O2S. The highest BCUT2D eigenvalue weighted by Crippen LogP contribution is 2.28. The second-order valence-electron chi connectivity index (χ2n) is 6.29. The molecule has 0 aliphatic carbocycles. The lowest BCUT2D eigenvalue weighted by atomic mass is 10.1. The number of nitrogens with zero attached hydrogens (tertiary/aromatic N) is 3. The lowest BCUT2D eigenvalue weighted by molar-refractivity contribution is 0.102. The molecule has 3 aromatic heterocycles. The molecule has 144 valence electrons. The van der Waals surface area contributed by atoms with Crippen molar-refractivity contribution >= 4 is 22.4 Å². The standard InChI is InChI=1S/C22H18N4O2S/c1-14-6-4-10-23-19(14)18-13-29-22(25-18)26-21(27)17-9-5-11-24-20(17)15-7-3-8-16(12-15)28-2/h3-13H,1-2H3,(H,25,26,27). The zero-order valence-electron chi connectivity index (χ0n) is 15.9. The number of carbonyl (C=O) groups is 1. The molecule has 0 bridgehead atoms. The summed E-state index contributed by atoms with van der Waals surface area (Å²) in [4.78, 5) is 26.3. The fourth-order valence-electron chi connectivity index (χ4n) is 2.95. The number of hydrogen-bond acceptors (Lipinski definition) is 6. The van der Waals surface area contributed by atoms with Crippen LogP contribution in [-0.2, 0) is 0 Å². The van der Waals surface area contributed by atoms with Gasteiger partial charge in [-0.15, -0.1) is 11.3 Å². The van der Waals surface area contributed by atoms with Crippen molar-refractivity contribution in [1.29, 1.82) is 0 Å². The number of aromatic nitrogens is 3. The number of anilines is 1. The lowest BCUT2D eigenvalue weighted by Crippen LogP contribution is -2.13. The van der Waals surface area contributed by atoms with E-state index in [1.807, 2.05) is 48.7 Å². The van der Waals surface area contributed by atoms with E-state index in [4.69, 9.17) is 4.74 Å². The average molecular weight is 402 g/mol. The van der Waals surface area contributed by atoms with E-state index in [2.05, 4.69) is 20.3 Å². The lowest BCUT2D eigenvalue weighted by Gasteiger charge is -2.09. The minimum Gasteiger partial charge on any atom is -0.497 e. The number of nitrogens with one attached hydrogen (secondary N) is 1. The number of pyridine rings is 2. The minimum atomic E-state index is -0.269. The Balaban J connectivity index is 1.61. The van der Waals surface area contributed by atoms with Crippen molar-refractivity contribution in [3.8, 4) is 28.4 Å². The van der Waals surface area contributed by atoms with Gasteiger partial charge in [0.2, 0.25) is 0 Å². The van der Waals surface area contributed by atoms with Crippen LogP contribution in [0.4, 0.5) is 5.13 Å². The smallest absolute Gasteiger partial charge is 0.259 e. The predicted octanol–water partition coefficient (Wildman–Crippen LogP) is 4.84. The first-order chi connectivity index (χ1) is 14.2. The second kappa shape index (κ2) is 8.20. The zero-order valence-corrected chi connectivity index (χ0v) is 16.7. The van der Waals surface area contributed by atoms with Gasteiger partial charge in [-0.1, -0.05) is 18.2 Å². The number of hydrogen-bond donors (Lipinski definition) is 1. The number of aryl methyl sites for hydroxylation is 1. The summed E-state index contributed by atoms with van der Waals surface area (Å²) in [5, 5.41) is 5.27. The maximum Gasteiger partial charge on any atom is 0.259 e. The van der Waals surface area contributed by atoms with Crippen LogP contribution in [0, 0.1) is 6.92 Å². The van der Waals surface area contributed by atoms with Gasteiger partial charge < -0.3 is 4.74 Å². The molecule has 0 radical (unpaired) electrons. The van der Waals surface area contributed by atoms with Crippen molar-refractivity contribution in [2.24, 2.45) is 0 Å². The number of thiazole rings is 1. The molecule has 1 amide bonds. The van der Waals surface area contributed by atoms with Gasteiger partial charge >= 0.3 is 0 Å². The van der Waals surface area contributed by atoms with E-state index < -0.39 is 0 Å². The molecular weight excluding hydrogens is 384 g/mol. The van der Waals surface area contributed by atoms with Crippen molar-refractivity contribution in [2.75, 3.05) is 12.4 Å². The van der Waals surface area contributed by atoms with Crippen LogP contribution in [0.3, 0.4) is 0 Å². The molecule has 3 heterocycles. The van der Waals surface area contributed by atoms with E-state index in [9.17, 15) is 4.79 Å². The van der Waals surface area contributed by atoms with Gasteiger partial charge in [0, 0.05) is 23.3 Å². The Labute approximate surface area is 172 Å².